The monoisotopic (exact) mass is 424 g/mol. The molecule has 1 heterocycles. The van der Waals surface area contributed by atoms with Gasteiger partial charge >= 0.3 is 11.9 Å². The van der Waals surface area contributed by atoms with E-state index in [0.29, 0.717) is 6.42 Å². The van der Waals surface area contributed by atoms with Crippen molar-refractivity contribution < 1.29 is 54.1 Å². The van der Waals surface area contributed by atoms with E-state index in [-0.39, 0.29) is 13.0 Å². The van der Waals surface area contributed by atoms with Gasteiger partial charge in [-0.2, -0.15) is 0 Å². The Hall–Kier alpha value is -1.34. The lowest BCUT2D eigenvalue weighted by Crippen LogP contribution is -2.61. The maximum atomic E-state index is 12.0. The van der Waals surface area contributed by atoms with Crippen LogP contribution in [0.4, 0.5) is 0 Å². The third kappa shape index (κ3) is 8.51. The fraction of sp³-hybridized carbons (Fsp3) is 0.889. The number of unbranched alkanes of at least 4 members (excludes halogenated alkanes) is 2. The van der Waals surface area contributed by atoms with Crippen LogP contribution >= 0.6 is 0 Å². The van der Waals surface area contributed by atoms with E-state index in [4.69, 9.17) is 24.1 Å². The first kappa shape index (κ1) is 25.7. The molecule has 0 radical (unpaired) electrons. The Balaban J connectivity index is 2.78. The molecule has 7 atom stereocenters. The molecule has 1 aliphatic heterocycles. The molecule has 5 N–H and O–H groups in total. The summed E-state index contributed by atoms with van der Waals surface area (Å²) in [6.45, 7) is 1.56. The van der Waals surface area contributed by atoms with Crippen molar-refractivity contribution >= 4 is 11.9 Å². The Morgan fingerprint density at radius 1 is 1.10 bits per heavy atom. The molecule has 0 bridgehead atoms. The second kappa shape index (κ2) is 13.1. The standard InChI is InChI=1S/C18H32O11/c1-3-4-5-6-14(23)29-17-13(9-26-10(2)20)28-18(16(25)15(17)24)27-8-12(22)11(21)7-19/h11-13,15-19,21-22,24-25H,3-9H2,1-2H3. The van der Waals surface area contributed by atoms with Crippen molar-refractivity contribution in [1.82, 2.24) is 0 Å². The van der Waals surface area contributed by atoms with Crippen LogP contribution in [0.2, 0.25) is 0 Å². The van der Waals surface area contributed by atoms with Crippen LogP contribution in [0.25, 0.3) is 0 Å². The summed E-state index contributed by atoms with van der Waals surface area (Å²) in [5, 5.41) is 48.5. The summed E-state index contributed by atoms with van der Waals surface area (Å²) < 4.78 is 20.8. The Morgan fingerprint density at radius 3 is 2.38 bits per heavy atom. The fourth-order valence-electron chi connectivity index (χ4n) is 2.68. The van der Waals surface area contributed by atoms with Crippen molar-refractivity contribution in [2.45, 2.75) is 82.4 Å². The average Bonchev–Trinajstić information content (AvgIpc) is 2.69. The summed E-state index contributed by atoms with van der Waals surface area (Å²) in [6.07, 6.45) is -7.60. The molecule has 29 heavy (non-hydrogen) atoms. The minimum atomic E-state index is -1.64. The van der Waals surface area contributed by atoms with Crippen LogP contribution in [0.1, 0.15) is 39.5 Å². The van der Waals surface area contributed by atoms with Gasteiger partial charge in [0.2, 0.25) is 0 Å². The average molecular weight is 424 g/mol. The van der Waals surface area contributed by atoms with E-state index in [0.717, 1.165) is 12.8 Å². The van der Waals surface area contributed by atoms with Crippen molar-refractivity contribution in [3.05, 3.63) is 0 Å². The molecule has 0 aliphatic carbocycles. The smallest absolute Gasteiger partial charge is 0.306 e. The molecule has 0 amide bonds. The maximum absolute atomic E-state index is 12.0. The highest BCUT2D eigenvalue weighted by molar-refractivity contribution is 5.69. The first-order valence-electron chi connectivity index (χ1n) is 9.64. The molecule has 0 aromatic rings. The lowest BCUT2D eigenvalue weighted by atomic mass is 9.98. The van der Waals surface area contributed by atoms with Gasteiger partial charge in [-0.3, -0.25) is 9.59 Å². The van der Waals surface area contributed by atoms with E-state index in [9.17, 15) is 30.0 Å². The number of carbonyl (C=O) groups is 2. The first-order chi connectivity index (χ1) is 13.7. The van der Waals surface area contributed by atoms with Crippen molar-refractivity contribution in [3.63, 3.8) is 0 Å². The molecule has 0 aromatic heterocycles. The minimum absolute atomic E-state index is 0.124. The van der Waals surface area contributed by atoms with E-state index < -0.39 is 68.1 Å². The molecule has 1 aliphatic rings. The Labute approximate surface area is 169 Å². The summed E-state index contributed by atoms with van der Waals surface area (Å²) in [7, 11) is 0. The zero-order valence-corrected chi connectivity index (χ0v) is 16.7. The lowest BCUT2D eigenvalue weighted by Gasteiger charge is -2.41. The summed E-state index contributed by atoms with van der Waals surface area (Å²) in [5.74, 6) is -1.21. The van der Waals surface area contributed by atoms with E-state index in [1.165, 1.54) is 6.92 Å². The van der Waals surface area contributed by atoms with Gasteiger partial charge in [-0.25, -0.2) is 0 Å². The number of rotatable bonds is 12. The SMILES string of the molecule is CCCCCC(=O)OC1C(COC(C)=O)OC(OCC(O)C(O)CO)C(O)C1O. The van der Waals surface area contributed by atoms with Crippen LogP contribution in [0, 0.1) is 0 Å². The summed E-state index contributed by atoms with van der Waals surface area (Å²) in [4.78, 5) is 23.2. The first-order valence-corrected chi connectivity index (χ1v) is 9.64. The quantitative estimate of drug-likeness (QED) is 0.177. The van der Waals surface area contributed by atoms with Crippen molar-refractivity contribution in [3.8, 4) is 0 Å². The van der Waals surface area contributed by atoms with Crippen LogP contribution in [0.15, 0.2) is 0 Å². The second-order valence-electron chi connectivity index (χ2n) is 6.89. The molecule has 170 valence electrons. The van der Waals surface area contributed by atoms with E-state index >= 15 is 0 Å². The van der Waals surface area contributed by atoms with Gasteiger partial charge in [0.15, 0.2) is 12.4 Å². The van der Waals surface area contributed by atoms with Gasteiger partial charge < -0.3 is 44.5 Å². The zero-order chi connectivity index (χ0) is 22.0. The Kier molecular flexibility index (Phi) is 11.6. The number of carbonyl (C=O) groups excluding carboxylic acids is 2. The van der Waals surface area contributed by atoms with Crippen LogP contribution in [-0.4, -0.2) is 100 Å². The largest absolute Gasteiger partial charge is 0.463 e. The van der Waals surface area contributed by atoms with Gasteiger partial charge in [0.1, 0.15) is 37.1 Å². The predicted octanol–water partition coefficient (Wildman–Crippen LogP) is -1.78. The fourth-order valence-corrected chi connectivity index (χ4v) is 2.68. The zero-order valence-electron chi connectivity index (χ0n) is 16.7. The van der Waals surface area contributed by atoms with Crippen molar-refractivity contribution in [1.29, 1.82) is 0 Å². The molecule has 0 spiro atoms. The third-order valence-electron chi connectivity index (χ3n) is 4.41. The predicted molar refractivity (Wildman–Crippen MR) is 96.4 cm³/mol. The normalized spacial score (nSPS) is 29.1. The molecule has 11 nitrogen and oxygen atoms in total. The minimum Gasteiger partial charge on any atom is -0.463 e. The van der Waals surface area contributed by atoms with Crippen LogP contribution in [0.3, 0.4) is 0 Å². The van der Waals surface area contributed by atoms with Crippen LogP contribution in [-0.2, 0) is 28.5 Å². The molecular formula is C18H32O11. The molecule has 1 rings (SSSR count). The number of esters is 2. The molecule has 1 saturated heterocycles. The van der Waals surface area contributed by atoms with E-state index in [1.807, 2.05) is 6.92 Å². The highest BCUT2D eigenvalue weighted by Crippen LogP contribution is 2.26. The summed E-state index contributed by atoms with van der Waals surface area (Å²) in [6, 6.07) is 0. The van der Waals surface area contributed by atoms with E-state index in [2.05, 4.69) is 0 Å². The van der Waals surface area contributed by atoms with Gasteiger partial charge in [-0.05, 0) is 6.42 Å². The molecule has 0 aromatic carbocycles. The van der Waals surface area contributed by atoms with Crippen LogP contribution < -0.4 is 0 Å². The summed E-state index contributed by atoms with van der Waals surface area (Å²) >= 11 is 0. The van der Waals surface area contributed by atoms with Gasteiger partial charge in [-0.1, -0.05) is 19.8 Å². The number of aliphatic hydroxyl groups is 5. The van der Waals surface area contributed by atoms with Gasteiger partial charge in [-0.15, -0.1) is 0 Å². The number of hydrogen-bond acceptors (Lipinski definition) is 11. The van der Waals surface area contributed by atoms with Crippen molar-refractivity contribution in [2.24, 2.45) is 0 Å². The molecule has 11 heteroatoms. The second-order valence-corrected chi connectivity index (χ2v) is 6.89. The molecule has 1 fully saturated rings. The Morgan fingerprint density at radius 2 is 1.79 bits per heavy atom. The van der Waals surface area contributed by atoms with Gasteiger partial charge in [0, 0.05) is 13.3 Å². The van der Waals surface area contributed by atoms with Gasteiger partial charge in [0.25, 0.3) is 0 Å². The topological polar surface area (TPSA) is 172 Å². The van der Waals surface area contributed by atoms with E-state index in [1.54, 1.807) is 0 Å². The Bertz CT molecular complexity index is 500. The summed E-state index contributed by atoms with van der Waals surface area (Å²) in [5.41, 5.74) is 0. The highest BCUT2D eigenvalue weighted by atomic mass is 16.7. The number of aliphatic hydroxyl groups excluding tert-OH is 5. The lowest BCUT2D eigenvalue weighted by molar-refractivity contribution is -0.308. The molecular weight excluding hydrogens is 392 g/mol. The van der Waals surface area contributed by atoms with Gasteiger partial charge in [0.05, 0.1) is 13.2 Å². The highest BCUT2D eigenvalue weighted by Gasteiger charge is 2.47. The van der Waals surface area contributed by atoms with Crippen LogP contribution in [0.5, 0.6) is 0 Å². The number of hydrogen-bond donors (Lipinski definition) is 5. The van der Waals surface area contributed by atoms with Crippen molar-refractivity contribution in [2.75, 3.05) is 19.8 Å². The number of ether oxygens (including phenoxy) is 4. The molecule has 7 unspecified atom stereocenters. The third-order valence-corrected chi connectivity index (χ3v) is 4.41. The molecule has 0 saturated carbocycles. The maximum Gasteiger partial charge on any atom is 0.306 e.